The van der Waals surface area contributed by atoms with Gasteiger partial charge in [0.15, 0.2) is 0 Å². The van der Waals surface area contributed by atoms with Crippen molar-refractivity contribution in [3.8, 4) is 0 Å². The van der Waals surface area contributed by atoms with E-state index in [2.05, 4.69) is 0 Å². The third-order valence-electron chi connectivity index (χ3n) is 1.67. The second-order valence-electron chi connectivity index (χ2n) is 2.80. The van der Waals surface area contributed by atoms with Crippen LogP contribution in [0.2, 0.25) is 0 Å². The maximum Gasteiger partial charge on any atom is 0.407 e. The van der Waals surface area contributed by atoms with Gasteiger partial charge in [0.1, 0.15) is 4.87 Å². The van der Waals surface area contributed by atoms with Crippen molar-refractivity contribution in [2.75, 3.05) is 0 Å². The molecule has 0 fully saturated rings. The summed E-state index contributed by atoms with van der Waals surface area (Å²) in [5, 5.41) is -0.566. The van der Waals surface area contributed by atoms with Crippen LogP contribution in [0.15, 0.2) is 0 Å². The average molecular weight is 223 g/mol. The van der Waals surface area contributed by atoms with Gasteiger partial charge in [-0.15, -0.1) is 23.2 Å². The van der Waals surface area contributed by atoms with Gasteiger partial charge >= 0.3 is 6.18 Å². The van der Waals surface area contributed by atoms with Gasteiger partial charge in [0.2, 0.25) is 0 Å². The Hall–Kier alpha value is 0.370. The van der Waals surface area contributed by atoms with E-state index >= 15 is 0 Å². The lowest BCUT2D eigenvalue weighted by atomic mass is 9.99. The average Bonchev–Trinajstić information content (AvgIpc) is 1.83. The van der Waals surface area contributed by atoms with Gasteiger partial charge in [0.05, 0.1) is 0 Å². The first-order valence-corrected chi connectivity index (χ1v) is 4.44. The largest absolute Gasteiger partial charge is 0.407 e. The van der Waals surface area contributed by atoms with Crippen LogP contribution in [0, 0.1) is 0 Å². The third kappa shape index (κ3) is 3.02. The minimum Gasteiger partial charge on any atom is -0.169 e. The molecular weight excluding hydrogens is 212 g/mol. The quantitative estimate of drug-likeness (QED) is 0.635. The second kappa shape index (κ2) is 4.05. The zero-order valence-corrected chi connectivity index (χ0v) is 8.39. The molecule has 0 saturated heterocycles. The van der Waals surface area contributed by atoms with Crippen molar-refractivity contribution < 1.29 is 13.2 Å². The van der Waals surface area contributed by atoms with E-state index in [1.807, 2.05) is 0 Å². The topological polar surface area (TPSA) is 0 Å². The van der Waals surface area contributed by atoms with E-state index in [0.717, 1.165) is 0 Å². The Morgan fingerprint density at radius 3 is 1.83 bits per heavy atom. The van der Waals surface area contributed by atoms with E-state index in [9.17, 15) is 13.2 Å². The summed E-state index contributed by atoms with van der Waals surface area (Å²) in [4.78, 5) is -2.16. The van der Waals surface area contributed by atoms with E-state index in [0.29, 0.717) is 0 Å². The fourth-order valence-corrected chi connectivity index (χ4v) is 1.48. The highest BCUT2D eigenvalue weighted by Crippen LogP contribution is 2.42. The number of hydrogen-bond donors (Lipinski definition) is 0. The number of halogens is 5. The van der Waals surface area contributed by atoms with Crippen LogP contribution in [0.4, 0.5) is 13.2 Å². The predicted molar refractivity (Wildman–Crippen MR) is 44.9 cm³/mol. The van der Waals surface area contributed by atoms with E-state index in [-0.39, 0.29) is 12.8 Å². The Bertz CT molecular complexity index is 144. The van der Waals surface area contributed by atoms with Crippen molar-refractivity contribution >= 4 is 23.2 Å². The standard InChI is InChI=1S/C7H11Cl2F3/c1-3-6(9,4-5(2)8)7(10,11)12/h5H,3-4H2,1-2H3. The first-order chi connectivity index (χ1) is 5.23. The van der Waals surface area contributed by atoms with Crippen LogP contribution in [0.5, 0.6) is 0 Å². The maximum absolute atomic E-state index is 12.3. The zero-order chi connectivity index (χ0) is 9.99. The molecule has 0 aromatic carbocycles. The Morgan fingerprint density at radius 1 is 1.33 bits per heavy atom. The summed E-state index contributed by atoms with van der Waals surface area (Å²) in [5.41, 5.74) is 0. The normalized spacial score (nSPS) is 20.2. The lowest BCUT2D eigenvalue weighted by Crippen LogP contribution is -2.40. The molecule has 5 heteroatoms. The van der Waals surface area contributed by atoms with Gasteiger partial charge < -0.3 is 0 Å². The van der Waals surface area contributed by atoms with Crippen molar-refractivity contribution in [3.63, 3.8) is 0 Å². The van der Waals surface area contributed by atoms with E-state index in [1.54, 1.807) is 0 Å². The summed E-state index contributed by atoms with van der Waals surface area (Å²) in [6.07, 6.45) is -4.79. The van der Waals surface area contributed by atoms with Gasteiger partial charge in [0.25, 0.3) is 0 Å². The summed E-state index contributed by atoms with van der Waals surface area (Å²) in [5.74, 6) is 0. The first-order valence-electron chi connectivity index (χ1n) is 3.62. The summed E-state index contributed by atoms with van der Waals surface area (Å²) in [6.45, 7) is 2.90. The van der Waals surface area contributed by atoms with Gasteiger partial charge in [-0.05, 0) is 19.8 Å². The minimum atomic E-state index is -4.38. The summed E-state index contributed by atoms with van der Waals surface area (Å²) in [7, 11) is 0. The monoisotopic (exact) mass is 222 g/mol. The molecule has 0 nitrogen and oxygen atoms in total. The fourth-order valence-electron chi connectivity index (χ4n) is 0.906. The molecule has 0 amide bonds. The maximum atomic E-state index is 12.3. The number of hydrogen-bond acceptors (Lipinski definition) is 0. The van der Waals surface area contributed by atoms with Crippen LogP contribution < -0.4 is 0 Å². The molecule has 0 rings (SSSR count). The lowest BCUT2D eigenvalue weighted by Gasteiger charge is -2.29. The molecule has 0 aromatic heterocycles. The van der Waals surface area contributed by atoms with Gasteiger partial charge in [0, 0.05) is 5.38 Å². The molecule has 0 aliphatic heterocycles. The van der Waals surface area contributed by atoms with Crippen molar-refractivity contribution in [1.29, 1.82) is 0 Å². The molecule has 0 spiro atoms. The van der Waals surface area contributed by atoms with Crippen LogP contribution in [-0.2, 0) is 0 Å². The minimum absolute atomic E-state index is 0.158. The van der Waals surface area contributed by atoms with Crippen LogP contribution in [0.3, 0.4) is 0 Å². The van der Waals surface area contributed by atoms with Crippen molar-refractivity contribution in [2.45, 2.75) is 43.1 Å². The van der Waals surface area contributed by atoms with Gasteiger partial charge in [-0.25, -0.2) is 0 Å². The van der Waals surface area contributed by atoms with Crippen molar-refractivity contribution in [3.05, 3.63) is 0 Å². The lowest BCUT2D eigenvalue weighted by molar-refractivity contribution is -0.164. The fraction of sp³-hybridized carbons (Fsp3) is 1.00. The smallest absolute Gasteiger partial charge is 0.169 e. The van der Waals surface area contributed by atoms with Gasteiger partial charge in [-0.1, -0.05) is 6.92 Å². The summed E-state index contributed by atoms with van der Waals surface area (Å²) >= 11 is 10.8. The third-order valence-corrected chi connectivity index (χ3v) is 2.46. The SMILES string of the molecule is CCC(Cl)(CC(C)Cl)C(F)(F)F. The Kier molecular flexibility index (Phi) is 4.18. The zero-order valence-electron chi connectivity index (χ0n) is 6.88. The van der Waals surface area contributed by atoms with Gasteiger partial charge in [-0.3, -0.25) is 0 Å². The molecule has 0 radical (unpaired) electrons. The Morgan fingerprint density at radius 2 is 1.75 bits per heavy atom. The molecule has 0 aliphatic rings. The predicted octanol–water partition coefficient (Wildman–Crippen LogP) is 3.95. The molecule has 2 atom stereocenters. The van der Waals surface area contributed by atoms with E-state index in [1.165, 1.54) is 13.8 Å². The summed E-state index contributed by atoms with van der Waals surface area (Å²) < 4.78 is 36.8. The highest BCUT2D eigenvalue weighted by molar-refractivity contribution is 6.26. The molecular formula is C7H11Cl2F3. The van der Waals surface area contributed by atoms with E-state index < -0.39 is 16.4 Å². The second-order valence-corrected chi connectivity index (χ2v) is 4.27. The molecule has 12 heavy (non-hydrogen) atoms. The van der Waals surface area contributed by atoms with Crippen molar-refractivity contribution in [1.82, 2.24) is 0 Å². The molecule has 2 unspecified atom stereocenters. The molecule has 0 bridgehead atoms. The Labute approximate surface area is 80.0 Å². The molecule has 0 saturated carbocycles. The highest BCUT2D eigenvalue weighted by Gasteiger charge is 2.52. The molecule has 0 N–H and O–H groups in total. The highest BCUT2D eigenvalue weighted by atomic mass is 35.5. The molecule has 0 heterocycles. The first kappa shape index (κ1) is 12.4. The molecule has 74 valence electrons. The van der Waals surface area contributed by atoms with E-state index in [4.69, 9.17) is 23.2 Å². The molecule has 0 aliphatic carbocycles. The van der Waals surface area contributed by atoms with Crippen molar-refractivity contribution in [2.24, 2.45) is 0 Å². The number of alkyl halides is 5. The number of rotatable bonds is 3. The summed E-state index contributed by atoms with van der Waals surface area (Å²) in [6, 6.07) is 0. The Balaban J connectivity index is 4.46. The van der Waals surface area contributed by atoms with Crippen LogP contribution in [-0.4, -0.2) is 16.4 Å². The van der Waals surface area contributed by atoms with Crippen LogP contribution in [0.1, 0.15) is 26.7 Å². The van der Waals surface area contributed by atoms with Crippen LogP contribution in [0.25, 0.3) is 0 Å². The van der Waals surface area contributed by atoms with Crippen LogP contribution >= 0.6 is 23.2 Å². The van der Waals surface area contributed by atoms with Gasteiger partial charge in [-0.2, -0.15) is 13.2 Å². The molecule has 0 aromatic rings.